The maximum absolute atomic E-state index is 12.1. The van der Waals surface area contributed by atoms with Gasteiger partial charge in [-0.05, 0) is 43.0 Å². The lowest BCUT2D eigenvalue weighted by Crippen LogP contribution is -2.46. The van der Waals surface area contributed by atoms with E-state index in [0.717, 1.165) is 16.7 Å². The van der Waals surface area contributed by atoms with Crippen LogP contribution in [0.2, 0.25) is 0 Å². The van der Waals surface area contributed by atoms with Crippen LogP contribution >= 0.6 is 0 Å². The molecule has 4 nitrogen and oxygen atoms in total. The van der Waals surface area contributed by atoms with E-state index in [2.05, 4.69) is 13.0 Å². The molecule has 0 aromatic heterocycles. The molecule has 0 N–H and O–H groups in total. The molecule has 1 aliphatic heterocycles. The molecule has 2 aromatic rings. The lowest BCUT2D eigenvalue weighted by molar-refractivity contribution is 0.122. The van der Waals surface area contributed by atoms with Gasteiger partial charge in [-0.25, -0.2) is 0 Å². The fraction of sp³-hybridized carbons (Fsp3) is 0.412. The van der Waals surface area contributed by atoms with Gasteiger partial charge in [-0.2, -0.15) is 0 Å². The highest BCUT2D eigenvalue weighted by molar-refractivity contribution is 5.84. The number of benzene rings is 1. The molecule has 0 amide bonds. The first-order chi connectivity index (χ1) is 10.0. The predicted octanol–water partition coefficient (Wildman–Crippen LogP) is 1.71. The average molecular weight is 285 g/mol. The number of nitrogens with zero attached hydrogens (tertiary/aromatic N) is 1. The van der Waals surface area contributed by atoms with Crippen molar-refractivity contribution in [2.75, 3.05) is 31.2 Å². The van der Waals surface area contributed by atoms with Crippen LogP contribution in [0.1, 0.15) is 16.7 Å². The standard InChI is InChI=1S/C17H19NO3/c1-10-8-12(3)13(9-11(10)2)14-15(17(20)16(14)19)18-4-6-21-7-5-18/h8-9H,4-7H2,1-3H3. The molecule has 0 aliphatic carbocycles. The van der Waals surface area contributed by atoms with E-state index in [0.29, 0.717) is 37.6 Å². The van der Waals surface area contributed by atoms with Crippen molar-refractivity contribution in [3.63, 3.8) is 0 Å². The Hall–Kier alpha value is -1.94. The molecule has 21 heavy (non-hydrogen) atoms. The van der Waals surface area contributed by atoms with Crippen molar-refractivity contribution in [2.45, 2.75) is 20.8 Å². The Bertz CT molecular complexity index is 763. The van der Waals surface area contributed by atoms with Crippen LogP contribution in [0.5, 0.6) is 0 Å². The van der Waals surface area contributed by atoms with Crippen LogP contribution in [0, 0.1) is 20.8 Å². The summed E-state index contributed by atoms with van der Waals surface area (Å²) in [7, 11) is 0. The van der Waals surface area contributed by atoms with Crippen molar-refractivity contribution in [1.29, 1.82) is 0 Å². The second-order valence-corrected chi connectivity index (χ2v) is 5.73. The summed E-state index contributed by atoms with van der Waals surface area (Å²) >= 11 is 0. The zero-order chi connectivity index (χ0) is 15.1. The Morgan fingerprint density at radius 2 is 1.52 bits per heavy atom. The Morgan fingerprint density at radius 3 is 2.19 bits per heavy atom. The van der Waals surface area contributed by atoms with Crippen LogP contribution in [0.3, 0.4) is 0 Å². The van der Waals surface area contributed by atoms with E-state index in [9.17, 15) is 9.59 Å². The summed E-state index contributed by atoms with van der Waals surface area (Å²) in [6.07, 6.45) is 0. The molecule has 4 heteroatoms. The average Bonchev–Trinajstić information content (AvgIpc) is 2.49. The van der Waals surface area contributed by atoms with Crippen LogP contribution in [0.4, 0.5) is 5.69 Å². The Morgan fingerprint density at radius 1 is 0.905 bits per heavy atom. The molecule has 2 aromatic carbocycles. The largest absolute Gasteiger partial charge is 0.378 e. The van der Waals surface area contributed by atoms with Crippen molar-refractivity contribution in [3.05, 3.63) is 49.3 Å². The maximum atomic E-state index is 12.1. The molecular weight excluding hydrogens is 266 g/mol. The van der Waals surface area contributed by atoms with Crippen LogP contribution in [0.25, 0.3) is 11.1 Å². The highest BCUT2D eigenvalue weighted by Gasteiger charge is 2.28. The highest BCUT2D eigenvalue weighted by Crippen LogP contribution is 2.31. The van der Waals surface area contributed by atoms with Gasteiger partial charge in [0, 0.05) is 13.1 Å². The molecule has 0 atom stereocenters. The van der Waals surface area contributed by atoms with Crippen molar-refractivity contribution in [3.8, 4) is 11.1 Å². The monoisotopic (exact) mass is 285 g/mol. The topological polar surface area (TPSA) is 46.6 Å². The first-order valence-electron chi connectivity index (χ1n) is 7.25. The van der Waals surface area contributed by atoms with Gasteiger partial charge in [0.2, 0.25) is 10.9 Å². The summed E-state index contributed by atoms with van der Waals surface area (Å²) in [4.78, 5) is 26.1. The van der Waals surface area contributed by atoms with Crippen LogP contribution < -0.4 is 15.8 Å². The smallest absolute Gasteiger partial charge is 0.250 e. The molecule has 1 heterocycles. The van der Waals surface area contributed by atoms with Gasteiger partial charge in [-0.3, -0.25) is 9.59 Å². The van der Waals surface area contributed by atoms with Crippen molar-refractivity contribution < 1.29 is 4.74 Å². The molecule has 0 radical (unpaired) electrons. The lowest BCUT2D eigenvalue weighted by Gasteiger charge is -2.31. The van der Waals surface area contributed by atoms with Gasteiger partial charge < -0.3 is 9.64 Å². The van der Waals surface area contributed by atoms with Crippen LogP contribution in [-0.4, -0.2) is 26.3 Å². The second kappa shape index (κ2) is 5.11. The third kappa shape index (κ3) is 2.20. The summed E-state index contributed by atoms with van der Waals surface area (Å²) in [5.41, 5.74) is 4.72. The summed E-state index contributed by atoms with van der Waals surface area (Å²) in [5.74, 6) is 0. The Balaban J connectivity index is 2.12. The van der Waals surface area contributed by atoms with E-state index in [-0.39, 0.29) is 10.9 Å². The van der Waals surface area contributed by atoms with Gasteiger partial charge in [0.25, 0.3) is 0 Å². The quantitative estimate of drug-likeness (QED) is 0.788. The fourth-order valence-corrected chi connectivity index (χ4v) is 2.95. The van der Waals surface area contributed by atoms with Gasteiger partial charge in [-0.15, -0.1) is 0 Å². The lowest BCUT2D eigenvalue weighted by atomic mass is 9.91. The predicted molar refractivity (Wildman–Crippen MR) is 84.0 cm³/mol. The molecule has 1 aliphatic rings. The summed E-state index contributed by atoms with van der Waals surface area (Å²) in [5, 5.41) is 0. The number of aryl methyl sites for hydroxylation is 3. The number of hydrogen-bond acceptors (Lipinski definition) is 4. The minimum Gasteiger partial charge on any atom is -0.378 e. The summed E-state index contributed by atoms with van der Waals surface area (Å²) in [6.45, 7) is 8.61. The van der Waals surface area contributed by atoms with Crippen LogP contribution in [-0.2, 0) is 4.74 Å². The second-order valence-electron chi connectivity index (χ2n) is 5.73. The van der Waals surface area contributed by atoms with Crippen molar-refractivity contribution in [1.82, 2.24) is 0 Å². The highest BCUT2D eigenvalue weighted by atomic mass is 16.5. The van der Waals surface area contributed by atoms with Gasteiger partial charge in [0.15, 0.2) is 0 Å². The van der Waals surface area contributed by atoms with Gasteiger partial charge in [0.05, 0.1) is 18.8 Å². The van der Waals surface area contributed by atoms with Crippen molar-refractivity contribution in [2.24, 2.45) is 0 Å². The van der Waals surface area contributed by atoms with E-state index in [1.165, 1.54) is 5.56 Å². The maximum Gasteiger partial charge on any atom is 0.250 e. The number of morpholine rings is 1. The molecule has 0 spiro atoms. The van der Waals surface area contributed by atoms with Crippen LogP contribution in [0.15, 0.2) is 21.7 Å². The third-order valence-corrected chi connectivity index (χ3v) is 4.32. The van der Waals surface area contributed by atoms with Crippen molar-refractivity contribution >= 4 is 5.69 Å². The third-order valence-electron chi connectivity index (χ3n) is 4.32. The normalized spacial score (nSPS) is 15.7. The van der Waals surface area contributed by atoms with Gasteiger partial charge >= 0.3 is 0 Å². The number of hydrogen-bond donors (Lipinski definition) is 0. The Labute approximate surface area is 123 Å². The van der Waals surface area contributed by atoms with Gasteiger partial charge in [-0.1, -0.05) is 12.1 Å². The zero-order valence-electron chi connectivity index (χ0n) is 12.7. The molecule has 1 saturated heterocycles. The number of ether oxygens (including phenoxy) is 1. The zero-order valence-corrected chi connectivity index (χ0v) is 12.7. The van der Waals surface area contributed by atoms with E-state index in [4.69, 9.17) is 4.74 Å². The minimum atomic E-state index is -0.358. The molecule has 110 valence electrons. The Kier molecular flexibility index (Phi) is 3.41. The molecule has 0 bridgehead atoms. The summed E-state index contributed by atoms with van der Waals surface area (Å²) < 4.78 is 5.32. The van der Waals surface area contributed by atoms with E-state index in [1.807, 2.05) is 24.8 Å². The molecule has 3 rings (SSSR count). The van der Waals surface area contributed by atoms with E-state index >= 15 is 0 Å². The minimum absolute atomic E-state index is 0.357. The van der Waals surface area contributed by atoms with E-state index in [1.54, 1.807) is 0 Å². The molecule has 0 saturated carbocycles. The first kappa shape index (κ1) is 14.0. The molecule has 0 unspecified atom stereocenters. The first-order valence-corrected chi connectivity index (χ1v) is 7.25. The SMILES string of the molecule is Cc1cc(C)c(-c2c(N3CCOCC3)c(=O)c2=O)cc1C. The summed E-state index contributed by atoms with van der Waals surface area (Å²) in [6, 6.07) is 4.09. The van der Waals surface area contributed by atoms with E-state index < -0.39 is 0 Å². The number of rotatable bonds is 2. The number of anilines is 1. The molecule has 1 fully saturated rings. The van der Waals surface area contributed by atoms with Gasteiger partial charge in [0.1, 0.15) is 5.69 Å². The molecular formula is C17H19NO3. The fourth-order valence-electron chi connectivity index (χ4n) is 2.95.